The highest BCUT2D eigenvalue weighted by Gasteiger charge is 2.05. The van der Waals surface area contributed by atoms with Crippen LogP contribution in [0.4, 0.5) is 8.78 Å². The molecule has 0 amide bonds. The first-order chi connectivity index (χ1) is 6.16. The summed E-state index contributed by atoms with van der Waals surface area (Å²) < 4.78 is 23.6. The number of nitrogens with one attached hydrogen (secondary N) is 1. The van der Waals surface area contributed by atoms with Gasteiger partial charge in [0.2, 0.25) is 0 Å². The zero-order valence-electron chi connectivity index (χ0n) is 8.65. The lowest BCUT2D eigenvalue weighted by Crippen LogP contribution is -2.30. The molecule has 0 bridgehead atoms. The summed E-state index contributed by atoms with van der Waals surface area (Å²) in [5, 5.41) is 2.81. The molecule has 0 aromatic carbocycles. The molecule has 0 rings (SSSR count). The zero-order chi connectivity index (χ0) is 10.1. The Balaban J connectivity index is 3.15. The van der Waals surface area contributed by atoms with Crippen molar-refractivity contribution < 1.29 is 8.78 Å². The molecule has 0 aliphatic rings. The molecule has 1 unspecified atom stereocenters. The van der Waals surface area contributed by atoms with E-state index in [1.807, 2.05) is 6.92 Å². The SMILES string of the molecule is CCCCCCC(C)NCC(F)F. The second kappa shape index (κ2) is 8.42. The minimum atomic E-state index is -2.22. The van der Waals surface area contributed by atoms with E-state index in [1.54, 1.807) is 0 Å². The Hall–Kier alpha value is -0.180. The second-order valence-electron chi connectivity index (χ2n) is 3.55. The summed E-state index contributed by atoms with van der Waals surface area (Å²) in [5.74, 6) is 0. The van der Waals surface area contributed by atoms with Gasteiger partial charge >= 0.3 is 0 Å². The van der Waals surface area contributed by atoms with Gasteiger partial charge < -0.3 is 5.32 Å². The van der Waals surface area contributed by atoms with Crippen molar-refractivity contribution in [1.29, 1.82) is 0 Å². The largest absolute Gasteiger partial charge is 0.309 e. The molecule has 0 aromatic rings. The lowest BCUT2D eigenvalue weighted by molar-refractivity contribution is 0.141. The van der Waals surface area contributed by atoms with Crippen LogP contribution in [0.25, 0.3) is 0 Å². The average molecular weight is 193 g/mol. The Morgan fingerprint density at radius 1 is 1.15 bits per heavy atom. The van der Waals surface area contributed by atoms with E-state index in [4.69, 9.17) is 0 Å². The number of hydrogen-bond acceptors (Lipinski definition) is 1. The van der Waals surface area contributed by atoms with E-state index in [-0.39, 0.29) is 12.6 Å². The van der Waals surface area contributed by atoms with E-state index in [2.05, 4.69) is 12.2 Å². The number of hydrogen-bond donors (Lipinski definition) is 1. The highest BCUT2D eigenvalue weighted by Crippen LogP contribution is 2.05. The van der Waals surface area contributed by atoms with Gasteiger partial charge in [0, 0.05) is 6.04 Å². The maximum absolute atomic E-state index is 11.8. The molecule has 0 saturated heterocycles. The zero-order valence-corrected chi connectivity index (χ0v) is 8.65. The summed E-state index contributed by atoms with van der Waals surface area (Å²) in [4.78, 5) is 0. The van der Waals surface area contributed by atoms with E-state index in [0.29, 0.717) is 0 Å². The van der Waals surface area contributed by atoms with Crippen molar-refractivity contribution in [1.82, 2.24) is 5.32 Å². The molecule has 80 valence electrons. The van der Waals surface area contributed by atoms with Crippen molar-refractivity contribution in [3.63, 3.8) is 0 Å². The van der Waals surface area contributed by atoms with Crippen molar-refractivity contribution in [2.75, 3.05) is 6.54 Å². The summed E-state index contributed by atoms with van der Waals surface area (Å²) in [7, 11) is 0. The standard InChI is InChI=1S/C10H21F2N/c1-3-4-5-6-7-9(2)13-8-10(11)12/h9-10,13H,3-8H2,1-2H3. The van der Waals surface area contributed by atoms with Crippen LogP contribution >= 0.6 is 0 Å². The summed E-state index contributed by atoms with van der Waals surface area (Å²) in [5.41, 5.74) is 0. The summed E-state index contributed by atoms with van der Waals surface area (Å²) in [6, 6.07) is 0.228. The molecule has 0 aliphatic carbocycles. The van der Waals surface area contributed by atoms with Crippen LogP contribution in [0.3, 0.4) is 0 Å². The van der Waals surface area contributed by atoms with Gasteiger partial charge in [0.15, 0.2) is 0 Å². The molecule has 0 radical (unpaired) electrons. The Morgan fingerprint density at radius 2 is 1.85 bits per heavy atom. The van der Waals surface area contributed by atoms with Gasteiger partial charge in [-0.2, -0.15) is 0 Å². The first kappa shape index (κ1) is 12.8. The molecule has 0 saturated carbocycles. The van der Waals surface area contributed by atoms with E-state index in [9.17, 15) is 8.78 Å². The molecule has 1 nitrogen and oxygen atoms in total. The normalized spacial score (nSPS) is 13.6. The van der Waals surface area contributed by atoms with E-state index >= 15 is 0 Å². The third kappa shape index (κ3) is 9.74. The predicted molar refractivity (Wildman–Crippen MR) is 52.2 cm³/mol. The lowest BCUT2D eigenvalue weighted by atomic mass is 10.1. The van der Waals surface area contributed by atoms with Crippen LogP contribution in [0.1, 0.15) is 46.0 Å². The molecular formula is C10H21F2N. The molecule has 13 heavy (non-hydrogen) atoms. The topological polar surface area (TPSA) is 12.0 Å². The van der Waals surface area contributed by atoms with Gasteiger partial charge in [-0.05, 0) is 13.3 Å². The molecule has 1 N–H and O–H groups in total. The maximum Gasteiger partial charge on any atom is 0.250 e. The second-order valence-corrected chi connectivity index (χ2v) is 3.55. The summed E-state index contributed by atoms with van der Waals surface area (Å²) >= 11 is 0. The molecule has 0 fully saturated rings. The number of alkyl halides is 2. The minimum Gasteiger partial charge on any atom is -0.309 e. The van der Waals surface area contributed by atoms with Crippen molar-refractivity contribution in [3.8, 4) is 0 Å². The van der Waals surface area contributed by atoms with E-state index in [1.165, 1.54) is 19.3 Å². The van der Waals surface area contributed by atoms with Crippen LogP contribution in [0.5, 0.6) is 0 Å². The average Bonchev–Trinajstić information content (AvgIpc) is 2.09. The quantitative estimate of drug-likeness (QED) is 0.584. The van der Waals surface area contributed by atoms with Crippen LogP contribution < -0.4 is 5.32 Å². The van der Waals surface area contributed by atoms with Crippen molar-refractivity contribution in [3.05, 3.63) is 0 Å². The minimum absolute atomic E-state index is 0.172. The van der Waals surface area contributed by atoms with Crippen molar-refractivity contribution >= 4 is 0 Å². The molecule has 0 spiro atoms. The number of rotatable bonds is 8. The molecule has 3 heteroatoms. The highest BCUT2D eigenvalue weighted by atomic mass is 19.3. The van der Waals surface area contributed by atoms with Gasteiger partial charge in [0.05, 0.1) is 6.54 Å². The number of unbranched alkanes of at least 4 members (excludes halogenated alkanes) is 3. The lowest BCUT2D eigenvalue weighted by Gasteiger charge is -2.12. The Bertz CT molecular complexity index is 107. The van der Waals surface area contributed by atoms with Gasteiger partial charge in [-0.3, -0.25) is 0 Å². The Labute approximate surface area is 79.9 Å². The Morgan fingerprint density at radius 3 is 2.38 bits per heavy atom. The van der Waals surface area contributed by atoms with Crippen LogP contribution in [0.2, 0.25) is 0 Å². The van der Waals surface area contributed by atoms with Gasteiger partial charge in [-0.25, -0.2) is 8.78 Å². The van der Waals surface area contributed by atoms with Crippen LogP contribution in [0.15, 0.2) is 0 Å². The molecule has 0 aliphatic heterocycles. The fourth-order valence-electron chi connectivity index (χ4n) is 1.27. The third-order valence-electron chi connectivity index (χ3n) is 2.11. The molecular weight excluding hydrogens is 172 g/mol. The van der Waals surface area contributed by atoms with Gasteiger partial charge in [-0.1, -0.05) is 32.6 Å². The summed E-state index contributed by atoms with van der Waals surface area (Å²) in [6.45, 7) is 3.96. The monoisotopic (exact) mass is 193 g/mol. The third-order valence-corrected chi connectivity index (χ3v) is 2.11. The first-order valence-corrected chi connectivity index (χ1v) is 5.18. The summed E-state index contributed by atoms with van der Waals surface area (Å²) in [6.07, 6.45) is 3.62. The van der Waals surface area contributed by atoms with Gasteiger partial charge in [0.25, 0.3) is 6.43 Å². The fourth-order valence-corrected chi connectivity index (χ4v) is 1.27. The van der Waals surface area contributed by atoms with Gasteiger partial charge in [-0.15, -0.1) is 0 Å². The smallest absolute Gasteiger partial charge is 0.250 e. The Kier molecular flexibility index (Phi) is 8.30. The first-order valence-electron chi connectivity index (χ1n) is 5.18. The molecule has 0 aromatic heterocycles. The molecule has 1 atom stereocenters. The van der Waals surface area contributed by atoms with E-state index < -0.39 is 6.43 Å². The predicted octanol–water partition coefficient (Wildman–Crippen LogP) is 3.20. The van der Waals surface area contributed by atoms with Crippen LogP contribution in [-0.2, 0) is 0 Å². The van der Waals surface area contributed by atoms with Crippen LogP contribution in [0, 0.1) is 0 Å². The maximum atomic E-state index is 11.8. The van der Waals surface area contributed by atoms with Crippen LogP contribution in [-0.4, -0.2) is 19.0 Å². The van der Waals surface area contributed by atoms with E-state index in [0.717, 1.165) is 12.8 Å². The molecule has 0 heterocycles. The fraction of sp³-hybridized carbons (Fsp3) is 1.00. The number of halogens is 2. The highest BCUT2D eigenvalue weighted by molar-refractivity contribution is 4.61. The van der Waals surface area contributed by atoms with Gasteiger partial charge in [0.1, 0.15) is 0 Å². The van der Waals surface area contributed by atoms with Crippen molar-refractivity contribution in [2.45, 2.75) is 58.4 Å². The van der Waals surface area contributed by atoms with Crippen molar-refractivity contribution in [2.24, 2.45) is 0 Å².